The highest BCUT2D eigenvalue weighted by Gasteiger charge is 2.37. The number of alkyl halides is 6. The molecule has 0 aliphatic rings. The molecule has 10 heteroatoms. The fourth-order valence-corrected chi connectivity index (χ4v) is 3.74. The molecule has 0 saturated carbocycles. The van der Waals surface area contributed by atoms with Gasteiger partial charge in [0, 0.05) is 30.7 Å². The molecular weight excluding hydrogens is 484 g/mol. The Balaban J connectivity index is 1.85. The zero-order valence-corrected chi connectivity index (χ0v) is 19.9. The van der Waals surface area contributed by atoms with Crippen molar-refractivity contribution in [2.24, 2.45) is 0 Å². The second-order valence-corrected chi connectivity index (χ2v) is 8.55. The van der Waals surface area contributed by atoms with Crippen molar-refractivity contribution in [3.05, 3.63) is 88.7 Å². The summed E-state index contributed by atoms with van der Waals surface area (Å²) in [5.41, 5.74) is -0.575. The maximum atomic E-state index is 13.2. The third-order valence-electron chi connectivity index (χ3n) is 5.79. The Morgan fingerprint density at radius 3 is 2.17 bits per heavy atom. The van der Waals surface area contributed by atoms with Crippen LogP contribution in [0.2, 0.25) is 0 Å². The number of halogens is 6. The number of nitrogens with zero attached hydrogens (tertiary/aromatic N) is 2. The van der Waals surface area contributed by atoms with Gasteiger partial charge in [-0.1, -0.05) is 37.6 Å². The highest BCUT2D eigenvalue weighted by molar-refractivity contribution is 5.89. The average Bonchev–Trinajstić information content (AvgIpc) is 3.23. The summed E-state index contributed by atoms with van der Waals surface area (Å²) in [6.07, 6.45) is -6.78. The number of nitrogens with one attached hydrogen (secondary N) is 1. The molecule has 3 rings (SSSR count). The van der Waals surface area contributed by atoms with E-state index in [1.807, 2.05) is 61.0 Å². The molecule has 0 aliphatic heterocycles. The number of aryl methyl sites for hydroxylation is 1. The van der Waals surface area contributed by atoms with Gasteiger partial charge in [-0.3, -0.25) is 0 Å². The summed E-state index contributed by atoms with van der Waals surface area (Å²) in [6.45, 7) is 4.88. The van der Waals surface area contributed by atoms with E-state index in [2.05, 4.69) is 5.32 Å². The monoisotopic (exact) mass is 511 g/mol. The average molecular weight is 512 g/mol. The van der Waals surface area contributed by atoms with Gasteiger partial charge in [-0.15, -0.1) is 0 Å². The number of carbonyl (C=O) groups is 1. The number of unbranched alkanes of at least 4 members (excludes halogenated alkanes) is 1. The van der Waals surface area contributed by atoms with Crippen LogP contribution in [-0.4, -0.2) is 22.0 Å². The normalized spacial score (nSPS) is 12.0. The summed E-state index contributed by atoms with van der Waals surface area (Å²) in [4.78, 5) is 14.4. The largest absolute Gasteiger partial charge is 0.416 e. The minimum atomic E-state index is -5.00. The summed E-state index contributed by atoms with van der Waals surface area (Å²) >= 11 is 0. The number of amides is 2. The van der Waals surface area contributed by atoms with Gasteiger partial charge < -0.3 is 14.8 Å². The van der Waals surface area contributed by atoms with Crippen molar-refractivity contribution in [2.45, 2.75) is 52.1 Å². The summed E-state index contributed by atoms with van der Waals surface area (Å²) in [6, 6.07) is 11.8. The van der Waals surface area contributed by atoms with Crippen LogP contribution >= 0.6 is 0 Å². The molecule has 0 atom stereocenters. The lowest BCUT2D eigenvalue weighted by atomic mass is 10.1. The first-order valence-electron chi connectivity index (χ1n) is 11.4. The van der Waals surface area contributed by atoms with E-state index in [-0.39, 0.29) is 19.2 Å². The van der Waals surface area contributed by atoms with E-state index in [1.165, 1.54) is 4.90 Å². The molecule has 2 aromatic carbocycles. The fourth-order valence-electron chi connectivity index (χ4n) is 3.74. The molecule has 194 valence electrons. The molecule has 0 radical (unpaired) electrons. The molecule has 0 fully saturated rings. The Hall–Kier alpha value is -3.43. The van der Waals surface area contributed by atoms with Crippen molar-refractivity contribution in [1.29, 1.82) is 0 Å². The van der Waals surface area contributed by atoms with Crippen molar-refractivity contribution in [1.82, 2.24) is 9.47 Å². The zero-order valence-electron chi connectivity index (χ0n) is 19.9. The van der Waals surface area contributed by atoms with E-state index < -0.39 is 35.2 Å². The quantitative estimate of drug-likeness (QED) is 0.309. The van der Waals surface area contributed by atoms with Crippen LogP contribution in [0.25, 0.3) is 0 Å². The lowest BCUT2D eigenvalue weighted by Gasteiger charge is -2.24. The predicted octanol–water partition coefficient (Wildman–Crippen LogP) is 7.72. The highest BCUT2D eigenvalue weighted by Crippen LogP contribution is 2.37. The van der Waals surface area contributed by atoms with Crippen LogP contribution in [0, 0.1) is 6.92 Å². The molecule has 0 unspecified atom stereocenters. The van der Waals surface area contributed by atoms with Gasteiger partial charge in [0.15, 0.2) is 0 Å². The van der Waals surface area contributed by atoms with Crippen LogP contribution in [0.15, 0.2) is 60.8 Å². The van der Waals surface area contributed by atoms with E-state index in [0.29, 0.717) is 25.1 Å². The summed E-state index contributed by atoms with van der Waals surface area (Å²) < 4.78 is 81.2. The number of urea groups is 1. The first kappa shape index (κ1) is 27.2. The third-order valence-corrected chi connectivity index (χ3v) is 5.79. The Kier molecular flexibility index (Phi) is 8.37. The van der Waals surface area contributed by atoms with Crippen LogP contribution in [0.3, 0.4) is 0 Å². The molecule has 36 heavy (non-hydrogen) atoms. The Morgan fingerprint density at radius 2 is 1.58 bits per heavy atom. The highest BCUT2D eigenvalue weighted by atomic mass is 19.4. The van der Waals surface area contributed by atoms with Gasteiger partial charge >= 0.3 is 18.4 Å². The molecule has 1 heterocycles. The number of hydrogen-bond donors (Lipinski definition) is 1. The molecule has 4 nitrogen and oxygen atoms in total. The zero-order chi connectivity index (χ0) is 26.5. The van der Waals surface area contributed by atoms with Gasteiger partial charge in [0.25, 0.3) is 0 Å². The van der Waals surface area contributed by atoms with E-state index >= 15 is 0 Å². The summed E-state index contributed by atoms with van der Waals surface area (Å²) in [7, 11) is 0. The minimum absolute atomic E-state index is 0.0307. The predicted molar refractivity (Wildman–Crippen MR) is 125 cm³/mol. The molecule has 2 amide bonds. The van der Waals surface area contributed by atoms with E-state index in [1.54, 1.807) is 0 Å². The first-order chi connectivity index (χ1) is 16.9. The maximum Gasteiger partial charge on any atom is 0.416 e. The van der Waals surface area contributed by atoms with E-state index in [9.17, 15) is 31.1 Å². The second-order valence-electron chi connectivity index (χ2n) is 8.55. The van der Waals surface area contributed by atoms with E-state index in [0.717, 1.165) is 23.2 Å². The Bertz CT molecular complexity index is 1150. The SMILES string of the molecule is CCCCN(Cc1cccn1Cc1ccccc1C)C(=O)Nc1cc(C(F)(F)F)cc(C(F)(F)F)c1. The molecule has 3 aromatic rings. The molecule has 0 spiro atoms. The number of rotatable bonds is 8. The number of aromatic nitrogens is 1. The van der Waals surface area contributed by atoms with E-state index in [4.69, 9.17) is 0 Å². The number of carbonyl (C=O) groups excluding carboxylic acids is 1. The second kappa shape index (κ2) is 11.1. The Morgan fingerprint density at radius 1 is 0.944 bits per heavy atom. The van der Waals surface area contributed by atoms with Gasteiger partial charge in [0.2, 0.25) is 0 Å². The fraction of sp³-hybridized carbons (Fsp3) is 0.346. The van der Waals surface area contributed by atoms with Crippen LogP contribution < -0.4 is 5.32 Å². The maximum absolute atomic E-state index is 13.2. The van der Waals surface area contributed by atoms with Gasteiger partial charge in [-0.05, 0) is 54.8 Å². The third kappa shape index (κ3) is 7.05. The van der Waals surface area contributed by atoms with Gasteiger partial charge in [-0.25, -0.2) is 4.79 Å². The summed E-state index contributed by atoms with van der Waals surface area (Å²) in [5.74, 6) is 0. The number of benzene rings is 2. The van der Waals surface area contributed by atoms with Gasteiger partial charge in [0.1, 0.15) is 0 Å². The lowest BCUT2D eigenvalue weighted by molar-refractivity contribution is -0.143. The number of hydrogen-bond acceptors (Lipinski definition) is 1. The van der Waals surface area contributed by atoms with Crippen LogP contribution in [-0.2, 0) is 25.4 Å². The molecule has 1 aromatic heterocycles. The van der Waals surface area contributed by atoms with Crippen molar-refractivity contribution in [3.8, 4) is 0 Å². The van der Waals surface area contributed by atoms with Crippen molar-refractivity contribution < 1.29 is 31.1 Å². The van der Waals surface area contributed by atoms with Gasteiger partial charge in [-0.2, -0.15) is 26.3 Å². The first-order valence-corrected chi connectivity index (χ1v) is 11.4. The smallest absolute Gasteiger partial charge is 0.345 e. The van der Waals surface area contributed by atoms with Crippen molar-refractivity contribution in [3.63, 3.8) is 0 Å². The molecule has 0 saturated heterocycles. The van der Waals surface area contributed by atoms with Crippen LogP contribution in [0.5, 0.6) is 0 Å². The van der Waals surface area contributed by atoms with Crippen molar-refractivity contribution in [2.75, 3.05) is 11.9 Å². The van der Waals surface area contributed by atoms with Gasteiger partial charge in [0.05, 0.1) is 17.7 Å². The molecule has 1 N–H and O–H groups in total. The molecule has 0 bridgehead atoms. The van der Waals surface area contributed by atoms with Crippen LogP contribution in [0.1, 0.15) is 47.7 Å². The summed E-state index contributed by atoms with van der Waals surface area (Å²) in [5, 5.41) is 2.24. The minimum Gasteiger partial charge on any atom is -0.345 e. The molecule has 0 aliphatic carbocycles. The number of anilines is 1. The molecular formula is C26H27F6N3O. The lowest BCUT2D eigenvalue weighted by Crippen LogP contribution is -2.36. The van der Waals surface area contributed by atoms with Crippen molar-refractivity contribution >= 4 is 11.7 Å². The topological polar surface area (TPSA) is 37.3 Å². The standard InChI is InChI=1S/C26H27F6N3O/c1-3-4-11-35(17-23-10-7-12-34(23)16-19-9-6-5-8-18(19)2)24(36)33-22-14-20(25(27,28)29)13-21(15-22)26(30,31)32/h5-10,12-15H,3-4,11,16-17H2,1-2H3,(H,33,36). The Labute approximate surface area is 205 Å². The van der Waals surface area contributed by atoms with Crippen LogP contribution in [0.4, 0.5) is 36.8 Å².